The van der Waals surface area contributed by atoms with Crippen molar-refractivity contribution < 1.29 is 8.42 Å². The summed E-state index contributed by atoms with van der Waals surface area (Å²) in [7, 11) is -3.63. The minimum atomic E-state index is -3.63. The highest BCUT2D eigenvalue weighted by Crippen LogP contribution is 2.28. The van der Waals surface area contributed by atoms with Crippen molar-refractivity contribution in [1.29, 1.82) is 0 Å². The summed E-state index contributed by atoms with van der Waals surface area (Å²) in [5.41, 5.74) is 5.77. The monoisotopic (exact) mass is 350 g/mol. The zero-order valence-electron chi connectivity index (χ0n) is 11.7. The fourth-order valence-corrected chi connectivity index (χ4v) is 4.49. The van der Waals surface area contributed by atoms with Crippen LogP contribution in [0.1, 0.15) is 32.1 Å². The molecule has 1 aromatic rings. The molecule has 1 saturated carbocycles. The van der Waals surface area contributed by atoms with Gasteiger partial charge in [0.25, 0.3) is 0 Å². The average molecular weight is 351 g/mol. The third-order valence-electron chi connectivity index (χ3n) is 3.98. The van der Waals surface area contributed by atoms with Crippen LogP contribution < -0.4 is 10.5 Å². The molecule has 1 fully saturated rings. The fourth-order valence-electron chi connectivity index (χ4n) is 2.78. The molecule has 1 aliphatic carbocycles. The van der Waals surface area contributed by atoms with Crippen LogP contribution in [0.5, 0.6) is 0 Å². The molecule has 0 amide bonds. The number of sulfonamides is 1. The lowest BCUT2D eigenvalue weighted by Crippen LogP contribution is -2.45. The Balaban J connectivity index is 2.16. The maximum Gasteiger partial charge on any atom is 0.240 e. The number of rotatable bonds is 5. The number of benzene rings is 1. The van der Waals surface area contributed by atoms with Crippen molar-refractivity contribution in [2.45, 2.75) is 43.0 Å². The Bertz CT molecular complexity index is 587. The third-order valence-corrected chi connectivity index (χ3v) is 6.21. The van der Waals surface area contributed by atoms with E-state index in [-0.39, 0.29) is 16.0 Å². The summed E-state index contributed by atoms with van der Waals surface area (Å²) in [6.45, 7) is 0.297. The predicted molar refractivity (Wildman–Crippen MR) is 86.2 cm³/mol. The van der Waals surface area contributed by atoms with Gasteiger partial charge in [-0.25, -0.2) is 13.1 Å². The highest BCUT2D eigenvalue weighted by atomic mass is 35.5. The molecular formula is C14H20Cl2N2O2S. The molecule has 3 N–H and O–H groups in total. The second-order valence-corrected chi connectivity index (χ2v) is 7.97. The lowest BCUT2D eigenvalue weighted by molar-refractivity contribution is 0.294. The van der Waals surface area contributed by atoms with Crippen LogP contribution in [-0.4, -0.2) is 21.0 Å². The van der Waals surface area contributed by atoms with E-state index in [2.05, 4.69) is 4.72 Å². The Morgan fingerprint density at radius 1 is 1.19 bits per heavy atom. The number of nitrogens with two attached hydrogens (primary N) is 1. The number of hydrogen-bond acceptors (Lipinski definition) is 3. The largest absolute Gasteiger partial charge is 0.329 e. The second-order valence-electron chi connectivity index (χ2n) is 5.44. The van der Waals surface area contributed by atoms with Crippen LogP contribution in [0.25, 0.3) is 0 Å². The molecule has 7 heteroatoms. The molecule has 0 heterocycles. The van der Waals surface area contributed by atoms with Crippen LogP contribution in [-0.2, 0) is 10.0 Å². The van der Waals surface area contributed by atoms with Gasteiger partial charge >= 0.3 is 0 Å². The SMILES string of the molecule is NCC(NS(=O)(=O)c1ccc(Cl)c(Cl)c1)C1CCCCC1. The molecule has 0 radical (unpaired) electrons. The first-order valence-corrected chi connectivity index (χ1v) is 9.35. The molecule has 1 unspecified atom stereocenters. The smallest absolute Gasteiger partial charge is 0.240 e. The van der Waals surface area contributed by atoms with Gasteiger partial charge in [0.1, 0.15) is 0 Å². The van der Waals surface area contributed by atoms with E-state index in [0.29, 0.717) is 17.5 Å². The summed E-state index contributed by atoms with van der Waals surface area (Å²) < 4.78 is 27.6. The molecule has 1 atom stereocenters. The van der Waals surface area contributed by atoms with Crippen LogP contribution in [0.15, 0.2) is 23.1 Å². The highest BCUT2D eigenvalue weighted by Gasteiger charge is 2.27. The van der Waals surface area contributed by atoms with Crippen LogP contribution >= 0.6 is 23.2 Å². The van der Waals surface area contributed by atoms with Crippen LogP contribution in [0.2, 0.25) is 10.0 Å². The van der Waals surface area contributed by atoms with Gasteiger partial charge < -0.3 is 5.73 Å². The van der Waals surface area contributed by atoms with Crippen molar-refractivity contribution in [1.82, 2.24) is 4.72 Å². The fraction of sp³-hybridized carbons (Fsp3) is 0.571. The minimum Gasteiger partial charge on any atom is -0.329 e. The zero-order chi connectivity index (χ0) is 15.5. The quantitative estimate of drug-likeness (QED) is 0.856. The van der Waals surface area contributed by atoms with E-state index >= 15 is 0 Å². The van der Waals surface area contributed by atoms with Crippen LogP contribution in [0.3, 0.4) is 0 Å². The predicted octanol–water partition coefficient (Wildman–Crippen LogP) is 3.18. The molecule has 0 saturated heterocycles. The number of hydrogen-bond donors (Lipinski definition) is 2. The van der Waals surface area contributed by atoms with Gasteiger partial charge in [0.05, 0.1) is 14.9 Å². The van der Waals surface area contributed by atoms with Crippen molar-refractivity contribution in [3.8, 4) is 0 Å². The summed E-state index contributed by atoms with van der Waals surface area (Å²) in [6.07, 6.45) is 5.52. The molecule has 118 valence electrons. The Kier molecular flexibility index (Phi) is 5.91. The molecule has 1 aliphatic rings. The topological polar surface area (TPSA) is 72.2 Å². The van der Waals surface area contributed by atoms with Crippen LogP contribution in [0.4, 0.5) is 0 Å². The Morgan fingerprint density at radius 2 is 1.86 bits per heavy atom. The lowest BCUT2D eigenvalue weighted by atomic mass is 9.84. The summed E-state index contributed by atoms with van der Waals surface area (Å²) in [6, 6.07) is 4.06. The van der Waals surface area contributed by atoms with Gasteiger partial charge in [-0.1, -0.05) is 42.5 Å². The van der Waals surface area contributed by atoms with E-state index in [0.717, 1.165) is 25.7 Å². The van der Waals surface area contributed by atoms with Crippen molar-refractivity contribution >= 4 is 33.2 Å². The first kappa shape index (κ1) is 17.0. The van der Waals surface area contributed by atoms with Crippen molar-refractivity contribution in [3.05, 3.63) is 28.2 Å². The average Bonchev–Trinajstić information content (AvgIpc) is 2.48. The highest BCUT2D eigenvalue weighted by molar-refractivity contribution is 7.89. The molecule has 0 spiro atoms. The summed E-state index contributed by atoms with van der Waals surface area (Å²) >= 11 is 11.7. The van der Waals surface area contributed by atoms with E-state index in [1.165, 1.54) is 24.6 Å². The molecule has 2 rings (SSSR count). The maximum absolute atomic E-state index is 12.4. The van der Waals surface area contributed by atoms with Gasteiger partial charge in [0, 0.05) is 12.6 Å². The lowest BCUT2D eigenvalue weighted by Gasteiger charge is -2.29. The zero-order valence-corrected chi connectivity index (χ0v) is 14.0. The van der Waals surface area contributed by atoms with Gasteiger partial charge in [0.2, 0.25) is 10.0 Å². The van der Waals surface area contributed by atoms with Crippen molar-refractivity contribution in [2.75, 3.05) is 6.54 Å². The molecular weight excluding hydrogens is 331 g/mol. The van der Waals surface area contributed by atoms with Crippen LogP contribution in [0, 0.1) is 5.92 Å². The first-order chi connectivity index (χ1) is 9.94. The third kappa shape index (κ3) is 4.33. The van der Waals surface area contributed by atoms with Crippen molar-refractivity contribution in [2.24, 2.45) is 11.7 Å². The molecule has 0 aromatic heterocycles. The maximum atomic E-state index is 12.4. The normalized spacial score (nSPS) is 18.6. The van der Waals surface area contributed by atoms with Gasteiger partial charge in [-0.05, 0) is 37.0 Å². The standard InChI is InChI=1S/C14H20Cl2N2O2S/c15-12-7-6-11(8-13(12)16)21(19,20)18-14(9-17)10-4-2-1-3-5-10/h6-8,10,14,18H,1-5,9,17H2. The molecule has 21 heavy (non-hydrogen) atoms. The summed E-state index contributed by atoms with van der Waals surface area (Å²) in [5.74, 6) is 0.307. The summed E-state index contributed by atoms with van der Waals surface area (Å²) in [4.78, 5) is 0.117. The Labute approximate surface area is 136 Å². The molecule has 0 aliphatic heterocycles. The van der Waals surface area contributed by atoms with Gasteiger partial charge in [-0.2, -0.15) is 0 Å². The van der Waals surface area contributed by atoms with Gasteiger partial charge in [-0.3, -0.25) is 0 Å². The van der Waals surface area contributed by atoms with Gasteiger partial charge in [0.15, 0.2) is 0 Å². The van der Waals surface area contributed by atoms with E-state index in [9.17, 15) is 8.42 Å². The van der Waals surface area contributed by atoms with E-state index in [1.54, 1.807) is 0 Å². The second kappa shape index (κ2) is 7.29. The minimum absolute atomic E-state index is 0.117. The first-order valence-electron chi connectivity index (χ1n) is 7.11. The number of halogens is 2. The molecule has 4 nitrogen and oxygen atoms in total. The Morgan fingerprint density at radius 3 is 2.43 bits per heavy atom. The molecule has 1 aromatic carbocycles. The van der Waals surface area contributed by atoms with Gasteiger partial charge in [-0.15, -0.1) is 0 Å². The van der Waals surface area contributed by atoms with E-state index in [1.807, 2.05) is 0 Å². The van der Waals surface area contributed by atoms with Crippen molar-refractivity contribution in [3.63, 3.8) is 0 Å². The van der Waals surface area contributed by atoms with E-state index < -0.39 is 10.0 Å². The Hall–Kier alpha value is -0.330. The summed E-state index contributed by atoms with van der Waals surface area (Å²) in [5, 5.41) is 0.555. The number of nitrogens with one attached hydrogen (secondary N) is 1. The van der Waals surface area contributed by atoms with E-state index in [4.69, 9.17) is 28.9 Å². The molecule has 0 bridgehead atoms.